The summed E-state index contributed by atoms with van der Waals surface area (Å²) in [5, 5.41) is 11.8. The molecule has 0 aliphatic carbocycles. The van der Waals surface area contributed by atoms with Crippen molar-refractivity contribution in [1.82, 2.24) is 14.8 Å². The Morgan fingerprint density at radius 2 is 1.97 bits per heavy atom. The highest BCUT2D eigenvalue weighted by Gasteiger charge is 2.46. The monoisotopic (exact) mass is 487 g/mol. The van der Waals surface area contributed by atoms with Crippen LogP contribution in [0.15, 0.2) is 29.8 Å². The first-order chi connectivity index (χ1) is 16.1. The molecule has 2 heterocycles. The van der Waals surface area contributed by atoms with Crippen LogP contribution < -0.4 is 0 Å². The molecule has 1 saturated heterocycles. The average molecular weight is 488 g/mol. The number of amides is 1. The number of esters is 1. The first-order valence-electron chi connectivity index (χ1n) is 11.1. The van der Waals surface area contributed by atoms with E-state index < -0.39 is 23.7 Å². The molecule has 3 rings (SSSR count). The number of nitrogens with one attached hydrogen (secondary N) is 1. The van der Waals surface area contributed by atoms with Gasteiger partial charge in [0.15, 0.2) is 0 Å². The van der Waals surface area contributed by atoms with E-state index in [2.05, 4.69) is 4.98 Å². The Hall–Kier alpha value is -3.10. The van der Waals surface area contributed by atoms with Crippen LogP contribution in [0.2, 0.25) is 5.02 Å². The fourth-order valence-corrected chi connectivity index (χ4v) is 4.54. The number of aromatic amines is 1. The van der Waals surface area contributed by atoms with Crippen LogP contribution >= 0.6 is 11.6 Å². The van der Waals surface area contributed by atoms with E-state index in [0.717, 1.165) is 6.54 Å². The second kappa shape index (κ2) is 10.4. The number of rotatable bonds is 8. The van der Waals surface area contributed by atoms with Crippen molar-refractivity contribution >= 4 is 35.0 Å². The van der Waals surface area contributed by atoms with Gasteiger partial charge in [-0.15, -0.1) is 0 Å². The number of carbonyl (C=O) groups is 3. The van der Waals surface area contributed by atoms with Gasteiger partial charge in [0.1, 0.15) is 11.5 Å². The van der Waals surface area contributed by atoms with Crippen molar-refractivity contribution in [3.63, 3.8) is 0 Å². The summed E-state index contributed by atoms with van der Waals surface area (Å²) in [6.45, 7) is 6.30. The van der Waals surface area contributed by atoms with Gasteiger partial charge in [0, 0.05) is 22.8 Å². The maximum Gasteiger partial charge on any atom is 0.355 e. The number of nitrogens with zero attached hydrogens (tertiary/aromatic N) is 2. The number of aryl methyl sites for hydroxylation is 1. The number of hydrogen-bond donors (Lipinski definition) is 2. The number of H-pyrrole nitrogens is 1. The largest absolute Gasteiger partial charge is 0.507 e. The van der Waals surface area contributed by atoms with Crippen LogP contribution in [-0.4, -0.2) is 71.3 Å². The van der Waals surface area contributed by atoms with Gasteiger partial charge >= 0.3 is 5.97 Å². The topological polar surface area (TPSA) is 103 Å². The van der Waals surface area contributed by atoms with Crippen molar-refractivity contribution in [2.75, 3.05) is 33.8 Å². The maximum atomic E-state index is 13.2. The molecule has 182 valence electrons. The molecule has 0 radical (unpaired) electrons. The van der Waals surface area contributed by atoms with E-state index in [9.17, 15) is 19.5 Å². The number of Topliss-reactive ketones (excluding diaryl/α,β-unsaturated/α-hetero) is 1. The quantitative estimate of drug-likeness (QED) is 0.254. The molecule has 34 heavy (non-hydrogen) atoms. The Labute approximate surface area is 204 Å². The van der Waals surface area contributed by atoms with Gasteiger partial charge in [0.2, 0.25) is 0 Å². The van der Waals surface area contributed by atoms with E-state index in [1.807, 2.05) is 19.0 Å². The highest BCUT2D eigenvalue weighted by molar-refractivity contribution is 6.46. The van der Waals surface area contributed by atoms with Crippen molar-refractivity contribution in [2.24, 2.45) is 0 Å². The molecule has 0 bridgehead atoms. The number of benzene rings is 1. The number of ketones is 1. The summed E-state index contributed by atoms with van der Waals surface area (Å²) in [7, 11) is 3.86. The summed E-state index contributed by atoms with van der Waals surface area (Å²) < 4.78 is 5.09. The molecule has 0 unspecified atom stereocenters. The van der Waals surface area contributed by atoms with Gasteiger partial charge in [0.25, 0.3) is 11.7 Å². The predicted molar refractivity (Wildman–Crippen MR) is 130 cm³/mol. The molecule has 1 aliphatic rings. The Morgan fingerprint density at radius 3 is 2.59 bits per heavy atom. The van der Waals surface area contributed by atoms with Crippen LogP contribution in [0.4, 0.5) is 0 Å². The summed E-state index contributed by atoms with van der Waals surface area (Å²) in [5.41, 5.74) is 2.02. The molecule has 9 heteroatoms. The first-order valence-corrected chi connectivity index (χ1v) is 11.5. The number of aliphatic hydroxyl groups excluding tert-OH is 1. The summed E-state index contributed by atoms with van der Waals surface area (Å²) >= 11 is 6.22. The number of carbonyl (C=O) groups excluding carboxylic acids is 3. The molecule has 1 aliphatic heterocycles. The number of hydrogen-bond acceptors (Lipinski definition) is 6. The minimum atomic E-state index is -0.805. The van der Waals surface area contributed by atoms with Gasteiger partial charge < -0.3 is 24.6 Å². The van der Waals surface area contributed by atoms with Crippen molar-refractivity contribution in [3.8, 4) is 0 Å². The lowest BCUT2D eigenvalue weighted by Gasteiger charge is -2.26. The number of halogens is 1. The Bertz CT molecular complexity index is 1150. The van der Waals surface area contributed by atoms with Crippen molar-refractivity contribution in [2.45, 2.75) is 33.2 Å². The normalized spacial score (nSPS) is 17.6. The molecule has 1 aromatic heterocycles. The maximum absolute atomic E-state index is 13.2. The molecule has 1 fully saturated rings. The smallest absolute Gasteiger partial charge is 0.355 e. The molecule has 0 saturated carbocycles. The van der Waals surface area contributed by atoms with E-state index in [-0.39, 0.29) is 23.6 Å². The average Bonchev–Trinajstić information content (AvgIpc) is 3.21. The molecule has 2 aromatic rings. The van der Waals surface area contributed by atoms with Crippen LogP contribution in [0, 0.1) is 13.8 Å². The van der Waals surface area contributed by atoms with Gasteiger partial charge in [0.05, 0.1) is 18.2 Å². The number of aromatic nitrogens is 1. The van der Waals surface area contributed by atoms with Crippen LogP contribution in [-0.2, 0) is 14.3 Å². The fourth-order valence-electron chi connectivity index (χ4n) is 4.34. The number of ether oxygens (including phenoxy) is 1. The van der Waals surface area contributed by atoms with Gasteiger partial charge in [-0.25, -0.2) is 4.79 Å². The standard InChI is InChI=1S/C25H30ClN3O5/c1-6-34-25(33)20-14(2)18(15(3)27-20)22(30)19-21(16-9-7-10-17(26)13-16)29(24(32)23(19)31)12-8-11-28(4)5/h7,9-10,13,21,27,30H,6,8,11-12H2,1-5H3/b22-19+/t21-/m1/s1. The SMILES string of the molecule is CCOC(=O)c1[nH]c(C)c(/C(O)=C2\C(=O)C(=O)N(CCCN(C)C)[C@@H]2c2cccc(Cl)c2)c1C. The summed E-state index contributed by atoms with van der Waals surface area (Å²) in [5.74, 6) is -2.34. The molecular formula is C25H30ClN3O5. The van der Waals surface area contributed by atoms with Gasteiger partial charge in [-0.2, -0.15) is 0 Å². The zero-order valence-corrected chi connectivity index (χ0v) is 20.8. The number of aliphatic hydroxyl groups is 1. The van der Waals surface area contributed by atoms with Crippen molar-refractivity contribution < 1.29 is 24.2 Å². The summed E-state index contributed by atoms with van der Waals surface area (Å²) in [6.07, 6.45) is 0.645. The third-order valence-electron chi connectivity index (χ3n) is 5.86. The van der Waals surface area contributed by atoms with Gasteiger partial charge in [-0.05, 0) is 71.1 Å². The lowest BCUT2D eigenvalue weighted by atomic mass is 9.94. The van der Waals surface area contributed by atoms with Crippen molar-refractivity contribution in [3.05, 3.63) is 62.9 Å². The van der Waals surface area contributed by atoms with E-state index in [4.69, 9.17) is 16.3 Å². The highest BCUT2D eigenvalue weighted by atomic mass is 35.5. The molecule has 2 N–H and O–H groups in total. The van der Waals surface area contributed by atoms with Crippen LogP contribution in [0.3, 0.4) is 0 Å². The summed E-state index contributed by atoms with van der Waals surface area (Å²) in [4.78, 5) is 45.0. The van der Waals surface area contributed by atoms with E-state index in [1.54, 1.807) is 45.0 Å². The molecule has 1 atom stereocenters. The molecule has 8 nitrogen and oxygen atoms in total. The predicted octanol–water partition coefficient (Wildman–Crippen LogP) is 3.84. The van der Waals surface area contributed by atoms with Crippen LogP contribution in [0.5, 0.6) is 0 Å². The van der Waals surface area contributed by atoms with E-state index in [0.29, 0.717) is 40.4 Å². The minimum absolute atomic E-state index is 0.0299. The Kier molecular flexibility index (Phi) is 7.84. The van der Waals surface area contributed by atoms with E-state index in [1.165, 1.54) is 4.90 Å². The molecular weight excluding hydrogens is 458 g/mol. The summed E-state index contributed by atoms with van der Waals surface area (Å²) in [6, 6.07) is 6.10. The fraction of sp³-hybridized carbons (Fsp3) is 0.400. The second-order valence-corrected chi connectivity index (χ2v) is 8.99. The van der Waals surface area contributed by atoms with Crippen LogP contribution in [0.1, 0.15) is 52.3 Å². The van der Waals surface area contributed by atoms with Crippen molar-refractivity contribution in [1.29, 1.82) is 0 Å². The van der Waals surface area contributed by atoms with Crippen LogP contribution in [0.25, 0.3) is 5.76 Å². The highest BCUT2D eigenvalue weighted by Crippen LogP contribution is 2.41. The Balaban J connectivity index is 2.16. The molecule has 0 spiro atoms. The first kappa shape index (κ1) is 25.5. The second-order valence-electron chi connectivity index (χ2n) is 8.55. The number of likely N-dealkylation sites (tertiary alicyclic amines) is 1. The lowest BCUT2D eigenvalue weighted by Crippen LogP contribution is -2.32. The zero-order chi connectivity index (χ0) is 25.2. The van der Waals surface area contributed by atoms with E-state index >= 15 is 0 Å². The third kappa shape index (κ3) is 4.88. The zero-order valence-electron chi connectivity index (χ0n) is 20.1. The Morgan fingerprint density at radius 1 is 1.26 bits per heavy atom. The lowest BCUT2D eigenvalue weighted by molar-refractivity contribution is -0.139. The molecule has 1 amide bonds. The third-order valence-corrected chi connectivity index (χ3v) is 6.10. The minimum Gasteiger partial charge on any atom is -0.507 e. The molecule has 1 aromatic carbocycles. The van der Waals surface area contributed by atoms with Gasteiger partial charge in [-0.3, -0.25) is 9.59 Å². The van der Waals surface area contributed by atoms with Gasteiger partial charge in [-0.1, -0.05) is 23.7 Å².